The lowest BCUT2D eigenvalue weighted by atomic mass is 10.0. The molecule has 2 N–H and O–H groups in total. The van der Waals surface area contributed by atoms with Crippen molar-refractivity contribution in [3.8, 4) is 0 Å². The molecule has 0 unspecified atom stereocenters. The number of halogens is 2. The fourth-order valence-corrected chi connectivity index (χ4v) is 2.47. The van der Waals surface area contributed by atoms with Crippen LogP contribution in [0.1, 0.15) is 25.0 Å². The molecule has 116 valence electrons. The summed E-state index contributed by atoms with van der Waals surface area (Å²) >= 11 is 5.27. The van der Waals surface area contributed by atoms with Crippen molar-refractivity contribution in [2.75, 3.05) is 10.6 Å². The Balaban J connectivity index is 2.17. The third-order valence-corrected chi connectivity index (χ3v) is 3.62. The van der Waals surface area contributed by atoms with Crippen molar-refractivity contribution >= 4 is 28.7 Å². The zero-order valence-electron chi connectivity index (χ0n) is 12.5. The van der Waals surface area contributed by atoms with Gasteiger partial charge >= 0.3 is 0 Å². The Hall–Kier alpha value is -2.01. The van der Waals surface area contributed by atoms with Gasteiger partial charge in [-0.2, -0.15) is 0 Å². The van der Waals surface area contributed by atoms with Gasteiger partial charge in [0.25, 0.3) is 0 Å². The van der Waals surface area contributed by atoms with Crippen molar-refractivity contribution in [2.45, 2.75) is 26.7 Å². The number of hydrogen-bond acceptors (Lipinski definition) is 1. The molecule has 0 aromatic heterocycles. The van der Waals surface area contributed by atoms with Crippen molar-refractivity contribution in [1.29, 1.82) is 0 Å². The second-order valence-corrected chi connectivity index (χ2v) is 5.27. The Morgan fingerprint density at radius 3 is 2.14 bits per heavy atom. The maximum absolute atomic E-state index is 13.2. The Kier molecular flexibility index (Phi) is 5.44. The van der Waals surface area contributed by atoms with Crippen molar-refractivity contribution in [3.05, 3.63) is 59.2 Å². The van der Waals surface area contributed by atoms with Crippen LogP contribution in [0.4, 0.5) is 20.2 Å². The summed E-state index contributed by atoms with van der Waals surface area (Å²) in [6.07, 6.45) is 1.76. The molecule has 2 rings (SSSR count). The van der Waals surface area contributed by atoms with E-state index in [2.05, 4.69) is 24.5 Å². The standard InChI is InChI=1S/C17H18F2N2S/c1-3-11-6-5-7-12(4-2)16(11)21-17(22)20-13-8-9-14(18)15(19)10-13/h5-10H,3-4H2,1-2H3,(H2,20,21,22). The van der Waals surface area contributed by atoms with Crippen LogP contribution in [0.2, 0.25) is 0 Å². The molecule has 0 fully saturated rings. The van der Waals surface area contributed by atoms with Crippen LogP contribution >= 0.6 is 12.2 Å². The average Bonchev–Trinajstić information content (AvgIpc) is 2.51. The molecule has 0 aliphatic carbocycles. The van der Waals surface area contributed by atoms with Crippen LogP contribution in [0.25, 0.3) is 0 Å². The maximum atomic E-state index is 13.2. The number of rotatable bonds is 4. The minimum absolute atomic E-state index is 0.349. The van der Waals surface area contributed by atoms with Crippen LogP contribution in [0.5, 0.6) is 0 Å². The molecule has 0 radical (unpaired) electrons. The predicted octanol–water partition coefficient (Wildman–Crippen LogP) is 4.90. The van der Waals surface area contributed by atoms with E-state index in [1.165, 1.54) is 6.07 Å². The largest absolute Gasteiger partial charge is 0.332 e. The van der Waals surface area contributed by atoms with Crippen molar-refractivity contribution in [3.63, 3.8) is 0 Å². The zero-order valence-corrected chi connectivity index (χ0v) is 13.4. The molecule has 0 aliphatic heterocycles. The van der Waals surface area contributed by atoms with Crippen molar-refractivity contribution in [1.82, 2.24) is 0 Å². The molecule has 22 heavy (non-hydrogen) atoms. The predicted molar refractivity (Wildman–Crippen MR) is 91.4 cm³/mol. The van der Waals surface area contributed by atoms with Gasteiger partial charge in [0.05, 0.1) is 0 Å². The zero-order chi connectivity index (χ0) is 16.1. The molecule has 0 amide bonds. The number of nitrogens with one attached hydrogen (secondary N) is 2. The minimum Gasteiger partial charge on any atom is -0.332 e. The number of para-hydroxylation sites is 1. The normalized spacial score (nSPS) is 10.4. The molecule has 2 aromatic carbocycles. The van der Waals surface area contributed by atoms with Gasteiger partial charge in [-0.05, 0) is 48.3 Å². The SMILES string of the molecule is CCc1cccc(CC)c1NC(=S)Nc1ccc(F)c(F)c1. The molecule has 0 aliphatic rings. The van der Waals surface area contributed by atoms with Gasteiger partial charge in [0.2, 0.25) is 0 Å². The summed E-state index contributed by atoms with van der Waals surface area (Å²) < 4.78 is 26.1. The first-order chi connectivity index (χ1) is 10.5. The molecule has 0 heterocycles. The van der Waals surface area contributed by atoms with E-state index in [9.17, 15) is 8.78 Å². The average molecular weight is 320 g/mol. The highest BCUT2D eigenvalue weighted by Crippen LogP contribution is 2.23. The van der Waals surface area contributed by atoms with Crippen LogP contribution in [0.15, 0.2) is 36.4 Å². The fourth-order valence-electron chi connectivity index (χ4n) is 2.25. The lowest BCUT2D eigenvalue weighted by Crippen LogP contribution is -2.21. The van der Waals surface area contributed by atoms with E-state index in [4.69, 9.17) is 12.2 Å². The highest BCUT2D eigenvalue weighted by atomic mass is 32.1. The molecule has 2 aromatic rings. The monoisotopic (exact) mass is 320 g/mol. The Labute approximate surface area is 134 Å². The number of anilines is 2. The minimum atomic E-state index is -0.906. The summed E-state index contributed by atoms with van der Waals surface area (Å²) in [5.41, 5.74) is 3.71. The maximum Gasteiger partial charge on any atom is 0.175 e. The first-order valence-electron chi connectivity index (χ1n) is 7.19. The molecule has 0 atom stereocenters. The second-order valence-electron chi connectivity index (χ2n) is 4.87. The van der Waals surface area contributed by atoms with Gasteiger partial charge in [-0.3, -0.25) is 0 Å². The fraction of sp³-hybridized carbons (Fsp3) is 0.235. The Morgan fingerprint density at radius 2 is 1.59 bits per heavy atom. The van der Waals surface area contributed by atoms with Gasteiger partial charge in [0.1, 0.15) is 0 Å². The third-order valence-electron chi connectivity index (χ3n) is 3.41. The van der Waals surface area contributed by atoms with Crippen LogP contribution in [0, 0.1) is 11.6 Å². The van der Waals surface area contributed by atoms with Crippen LogP contribution < -0.4 is 10.6 Å². The Bertz CT molecular complexity index is 664. The van der Waals surface area contributed by atoms with Gasteiger partial charge in [0, 0.05) is 17.4 Å². The molecular weight excluding hydrogens is 302 g/mol. The van der Waals surface area contributed by atoms with Gasteiger partial charge < -0.3 is 10.6 Å². The number of thiocarbonyl (C=S) groups is 1. The lowest BCUT2D eigenvalue weighted by Gasteiger charge is -2.17. The summed E-state index contributed by atoms with van der Waals surface area (Å²) in [5, 5.41) is 6.39. The summed E-state index contributed by atoms with van der Waals surface area (Å²) in [4.78, 5) is 0. The van der Waals surface area contributed by atoms with E-state index in [1.54, 1.807) is 0 Å². The van der Waals surface area contributed by atoms with Crippen LogP contribution in [-0.2, 0) is 12.8 Å². The molecular formula is C17H18F2N2S. The van der Waals surface area contributed by atoms with Crippen LogP contribution in [0.3, 0.4) is 0 Å². The molecule has 0 bridgehead atoms. The smallest absolute Gasteiger partial charge is 0.175 e. The second kappa shape index (κ2) is 7.31. The quantitative estimate of drug-likeness (QED) is 0.784. The van der Waals surface area contributed by atoms with Gasteiger partial charge in [0.15, 0.2) is 16.7 Å². The van der Waals surface area contributed by atoms with E-state index in [-0.39, 0.29) is 0 Å². The van der Waals surface area contributed by atoms with E-state index in [0.29, 0.717) is 10.8 Å². The Morgan fingerprint density at radius 1 is 0.955 bits per heavy atom. The van der Waals surface area contributed by atoms with Gasteiger partial charge in [-0.15, -0.1) is 0 Å². The number of aryl methyl sites for hydroxylation is 2. The third kappa shape index (κ3) is 3.80. The molecule has 0 spiro atoms. The number of hydrogen-bond donors (Lipinski definition) is 2. The summed E-state index contributed by atoms with van der Waals surface area (Å²) in [6.45, 7) is 4.15. The van der Waals surface area contributed by atoms with E-state index < -0.39 is 11.6 Å². The molecule has 0 saturated carbocycles. The summed E-state index contributed by atoms with van der Waals surface area (Å²) in [7, 11) is 0. The first kappa shape index (κ1) is 16.4. The summed E-state index contributed by atoms with van der Waals surface area (Å²) in [6, 6.07) is 9.70. The van der Waals surface area contributed by atoms with Gasteiger partial charge in [-0.25, -0.2) is 8.78 Å². The number of benzene rings is 2. The molecule has 5 heteroatoms. The lowest BCUT2D eigenvalue weighted by molar-refractivity contribution is 0.509. The van der Waals surface area contributed by atoms with Crippen molar-refractivity contribution in [2.24, 2.45) is 0 Å². The van der Waals surface area contributed by atoms with E-state index in [1.807, 2.05) is 18.2 Å². The highest BCUT2D eigenvalue weighted by molar-refractivity contribution is 7.80. The van der Waals surface area contributed by atoms with Crippen LogP contribution in [-0.4, -0.2) is 5.11 Å². The molecule has 0 saturated heterocycles. The van der Waals surface area contributed by atoms with Gasteiger partial charge in [-0.1, -0.05) is 32.0 Å². The van der Waals surface area contributed by atoms with E-state index >= 15 is 0 Å². The molecule has 2 nitrogen and oxygen atoms in total. The van der Waals surface area contributed by atoms with E-state index in [0.717, 1.165) is 41.8 Å². The van der Waals surface area contributed by atoms with Crippen molar-refractivity contribution < 1.29 is 8.78 Å². The highest BCUT2D eigenvalue weighted by Gasteiger charge is 2.09. The first-order valence-corrected chi connectivity index (χ1v) is 7.59. The summed E-state index contributed by atoms with van der Waals surface area (Å²) in [5.74, 6) is -1.79. The topological polar surface area (TPSA) is 24.1 Å².